The number of rotatable bonds is 4. The highest BCUT2D eigenvalue weighted by Gasteiger charge is 2.25. The van der Waals surface area contributed by atoms with Crippen LogP contribution in [0.4, 0.5) is 0 Å². The normalized spacial score (nSPS) is 18.0. The zero-order chi connectivity index (χ0) is 13.2. The molecule has 0 radical (unpaired) electrons. The van der Waals surface area contributed by atoms with Gasteiger partial charge in [0.25, 0.3) is 0 Å². The Labute approximate surface area is 111 Å². The predicted octanol–water partition coefficient (Wildman–Crippen LogP) is 2.73. The summed E-state index contributed by atoms with van der Waals surface area (Å²) in [6, 6.07) is 1.82. The maximum atomic E-state index is 10.2. The third-order valence-corrected chi connectivity index (χ3v) is 3.90. The van der Waals surface area contributed by atoms with E-state index in [-0.39, 0.29) is 6.10 Å². The lowest BCUT2D eigenvalue weighted by atomic mass is 9.98. The van der Waals surface area contributed by atoms with Crippen molar-refractivity contribution in [2.24, 2.45) is 5.92 Å². The van der Waals surface area contributed by atoms with Crippen LogP contribution in [0.2, 0.25) is 0 Å². The van der Waals surface area contributed by atoms with Gasteiger partial charge in [0.05, 0.1) is 24.4 Å². The van der Waals surface area contributed by atoms with Crippen molar-refractivity contribution < 1.29 is 14.0 Å². The van der Waals surface area contributed by atoms with Gasteiger partial charge in [0.2, 0.25) is 11.7 Å². The minimum Gasteiger partial charge on any atom is -0.469 e. The van der Waals surface area contributed by atoms with E-state index in [4.69, 9.17) is 8.94 Å². The van der Waals surface area contributed by atoms with Crippen LogP contribution in [0.25, 0.3) is 11.4 Å². The van der Waals surface area contributed by atoms with Gasteiger partial charge in [-0.1, -0.05) is 18.0 Å². The number of hydrogen-bond donors (Lipinski definition) is 1. The van der Waals surface area contributed by atoms with Crippen molar-refractivity contribution >= 4 is 0 Å². The fraction of sp³-hybridized carbons (Fsp3) is 0.571. The Bertz CT molecular complexity index is 540. The molecule has 1 N–H and O–H groups in total. The molecule has 5 nitrogen and oxygen atoms in total. The third-order valence-electron chi connectivity index (χ3n) is 3.90. The van der Waals surface area contributed by atoms with E-state index in [1.54, 1.807) is 6.26 Å². The second-order valence-corrected chi connectivity index (χ2v) is 5.22. The van der Waals surface area contributed by atoms with Gasteiger partial charge >= 0.3 is 0 Å². The van der Waals surface area contributed by atoms with Gasteiger partial charge < -0.3 is 14.0 Å². The van der Waals surface area contributed by atoms with Crippen LogP contribution >= 0.6 is 0 Å². The Balaban J connectivity index is 1.69. The molecule has 1 unspecified atom stereocenters. The van der Waals surface area contributed by atoms with Crippen LogP contribution in [-0.2, 0) is 6.42 Å². The summed E-state index contributed by atoms with van der Waals surface area (Å²) in [5, 5.41) is 14.1. The van der Waals surface area contributed by atoms with E-state index in [9.17, 15) is 5.11 Å². The average molecular weight is 262 g/mol. The van der Waals surface area contributed by atoms with E-state index in [1.165, 1.54) is 12.8 Å². The summed E-state index contributed by atoms with van der Waals surface area (Å²) in [5.74, 6) is 2.17. The number of furan rings is 1. The first kappa shape index (κ1) is 12.4. The van der Waals surface area contributed by atoms with Crippen molar-refractivity contribution in [1.82, 2.24) is 10.1 Å². The minimum absolute atomic E-state index is 0.374. The first-order valence-corrected chi connectivity index (χ1v) is 6.79. The molecule has 0 saturated heterocycles. The highest BCUT2D eigenvalue weighted by atomic mass is 16.5. The lowest BCUT2D eigenvalue weighted by molar-refractivity contribution is 0.102. The molecule has 2 heterocycles. The molecule has 2 aromatic rings. The lowest BCUT2D eigenvalue weighted by Crippen LogP contribution is -2.20. The van der Waals surface area contributed by atoms with Gasteiger partial charge in [-0.2, -0.15) is 4.98 Å². The maximum Gasteiger partial charge on any atom is 0.229 e. The van der Waals surface area contributed by atoms with E-state index in [0.29, 0.717) is 24.1 Å². The largest absolute Gasteiger partial charge is 0.469 e. The number of aromatic nitrogens is 2. The Kier molecular flexibility index (Phi) is 3.38. The van der Waals surface area contributed by atoms with Crippen LogP contribution in [0.5, 0.6) is 0 Å². The van der Waals surface area contributed by atoms with Crippen LogP contribution < -0.4 is 0 Å². The lowest BCUT2D eigenvalue weighted by Gasteiger charge is -2.14. The molecular weight excluding hydrogens is 244 g/mol. The third kappa shape index (κ3) is 2.56. The predicted molar refractivity (Wildman–Crippen MR) is 68.4 cm³/mol. The number of aryl methyl sites for hydroxylation is 1. The molecule has 1 aliphatic rings. The van der Waals surface area contributed by atoms with Gasteiger partial charge in [-0.3, -0.25) is 0 Å². The van der Waals surface area contributed by atoms with Crippen LogP contribution in [0.1, 0.15) is 37.3 Å². The molecule has 102 valence electrons. The molecule has 5 heteroatoms. The number of aliphatic hydroxyl groups excluding tert-OH is 1. The van der Waals surface area contributed by atoms with Crippen LogP contribution in [0.15, 0.2) is 21.3 Å². The van der Waals surface area contributed by atoms with Crippen molar-refractivity contribution in [3.63, 3.8) is 0 Å². The molecule has 0 bridgehead atoms. The molecule has 1 atom stereocenters. The fourth-order valence-corrected chi connectivity index (χ4v) is 2.75. The molecule has 1 saturated carbocycles. The molecule has 0 amide bonds. The zero-order valence-electron chi connectivity index (χ0n) is 11.0. The van der Waals surface area contributed by atoms with Gasteiger partial charge in [-0.15, -0.1) is 0 Å². The van der Waals surface area contributed by atoms with E-state index in [0.717, 1.165) is 24.2 Å². The molecule has 3 rings (SSSR count). The van der Waals surface area contributed by atoms with Gasteiger partial charge in [0.15, 0.2) is 0 Å². The second kappa shape index (κ2) is 5.17. The van der Waals surface area contributed by atoms with E-state index >= 15 is 0 Å². The van der Waals surface area contributed by atoms with Crippen molar-refractivity contribution in [3.8, 4) is 11.4 Å². The number of nitrogens with zero attached hydrogens (tertiary/aromatic N) is 2. The van der Waals surface area contributed by atoms with Gasteiger partial charge in [-0.25, -0.2) is 0 Å². The highest BCUT2D eigenvalue weighted by Crippen LogP contribution is 2.29. The van der Waals surface area contributed by atoms with Gasteiger partial charge in [0, 0.05) is 0 Å². The van der Waals surface area contributed by atoms with Crippen molar-refractivity contribution in [2.75, 3.05) is 0 Å². The second-order valence-electron chi connectivity index (χ2n) is 5.22. The topological polar surface area (TPSA) is 72.3 Å². The summed E-state index contributed by atoms with van der Waals surface area (Å²) in [4.78, 5) is 4.33. The summed E-state index contributed by atoms with van der Waals surface area (Å²) in [6.45, 7) is 1.86. The molecule has 19 heavy (non-hydrogen) atoms. The summed E-state index contributed by atoms with van der Waals surface area (Å²) < 4.78 is 10.4. The van der Waals surface area contributed by atoms with Crippen LogP contribution in [-0.4, -0.2) is 21.4 Å². The molecule has 0 spiro atoms. The Morgan fingerprint density at radius 2 is 2.21 bits per heavy atom. The van der Waals surface area contributed by atoms with Gasteiger partial charge in [0.1, 0.15) is 5.76 Å². The zero-order valence-corrected chi connectivity index (χ0v) is 11.0. The van der Waals surface area contributed by atoms with Crippen LogP contribution in [0.3, 0.4) is 0 Å². The van der Waals surface area contributed by atoms with Crippen molar-refractivity contribution in [1.29, 1.82) is 0 Å². The Hall–Kier alpha value is -1.62. The quantitative estimate of drug-likeness (QED) is 0.917. The molecule has 1 aliphatic carbocycles. The SMILES string of the molecule is Cc1occc1-c1noc(CC(O)C2CCCC2)n1. The summed E-state index contributed by atoms with van der Waals surface area (Å²) in [6.07, 6.45) is 6.30. The Morgan fingerprint density at radius 1 is 1.42 bits per heavy atom. The fourth-order valence-electron chi connectivity index (χ4n) is 2.75. The van der Waals surface area contributed by atoms with E-state index < -0.39 is 0 Å². The van der Waals surface area contributed by atoms with E-state index in [2.05, 4.69) is 10.1 Å². The molecule has 2 aromatic heterocycles. The monoisotopic (exact) mass is 262 g/mol. The first-order valence-electron chi connectivity index (χ1n) is 6.79. The standard InChI is InChI=1S/C14H18N2O3/c1-9-11(6-7-18-9)14-15-13(19-16-14)8-12(17)10-4-2-3-5-10/h6-7,10,12,17H,2-5,8H2,1H3. The highest BCUT2D eigenvalue weighted by molar-refractivity contribution is 5.56. The molecular formula is C14H18N2O3. The summed E-state index contributed by atoms with van der Waals surface area (Å²) in [7, 11) is 0. The van der Waals surface area contributed by atoms with Crippen molar-refractivity contribution in [2.45, 2.75) is 45.1 Å². The summed E-state index contributed by atoms with van der Waals surface area (Å²) in [5.41, 5.74) is 0.838. The smallest absolute Gasteiger partial charge is 0.229 e. The minimum atomic E-state index is -0.374. The Morgan fingerprint density at radius 3 is 2.89 bits per heavy atom. The van der Waals surface area contributed by atoms with E-state index in [1.807, 2.05) is 13.0 Å². The molecule has 1 fully saturated rings. The molecule has 0 aromatic carbocycles. The average Bonchev–Trinajstić information content (AvgIpc) is 3.08. The number of hydrogen-bond acceptors (Lipinski definition) is 5. The van der Waals surface area contributed by atoms with Crippen LogP contribution in [0, 0.1) is 12.8 Å². The van der Waals surface area contributed by atoms with Crippen molar-refractivity contribution in [3.05, 3.63) is 24.0 Å². The molecule has 0 aliphatic heterocycles. The first-order chi connectivity index (χ1) is 9.24. The maximum absolute atomic E-state index is 10.2. The summed E-state index contributed by atoms with van der Waals surface area (Å²) >= 11 is 0. The number of aliphatic hydroxyl groups is 1. The van der Waals surface area contributed by atoms with Gasteiger partial charge in [-0.05, 0) is 31.7 Å².